The summed E-state index contributed by atoms with van der Waals surface area (Å²) in [6, 6.07) is 9.89. The molecule has 5 rings (SSSR count). The lowest BCUT2D eigenvalue weighted by Gasteiger charge is -2.32. The molecular formula is C21H21N5O5S. The van der Waals surface area contributed by atoms with Crippen molar-refractivity contribution in [2.45, 2.75) is 22.8 Å². The zero-order valence-electron chi connectivity index (χ0n) is 17.1. The molecule has 0 bridgehead atoms. The Morgan fingerprint density at radius 1 is 1.22 bits per heavy atom. The number of sulfonamides is 1. The summed E-state index contributed by atoms with van der Waals surface area (Å²) in [4.78, 5) is 25.7. The van der Waals surface area contributed by atoms with E-state index in [0.717, 1.165) is 11.3 Å². The fourth-order valence-corrected chi connectivity index (χ4v) is 6.21. The molecule has 4 heterocycles. The third-order valence-electron chi connectivity index (χ3n) is 5.82. The Morgan fingerprint density at radius 3 is 2.62 bits per heavy atom. The maximum absolute atomic E-state index is 13.5. The van der Waals surface area contributed by atoms with E-state index in [1.165, 1.54) is 22.8 Å². The van der Waals surface area contributed by atoms with Gasteiger partial charge in [0.05, 0.1) is 17.7 Å². The topological polar surface area (TPSA) is 134 Å². The number of benzene rings is 1. The number of nitrogens with one attached hydrogen (secondary N) is 1. The van der Waals surface area contributed by atoms with E-state index in [1.807, 2.05) is 24.3 Å². The molecule has 166 valence electrons. The first kappa shape index (κ1) is 21.7. The molecule has 2 aromatic heterocycles. The van der Waals surface area contributed by atoms with Gasteiger partial charge in [0.1, 0.15) is 4.90 Å². The van der Waals surface area contributed by atoms with Crippen LogP contribution in [0.15, 0.2) is 66.1 Å². The minimum atomic E-state index is -3.86. The van der Waals surface area contributed by atoms with Gasteiger partial charge in [0.2, 0.25) is 15.9 Å². The van der Waals surface area contributed by atoms with Crippen molar-refractivity contribution in [3.05, 3.63) is 72.3 Å². The molecule has 1 amide bonds. The highest BCUT2D eigenvalue weighted by Crippen LogP contribution is 2.55. The van der Waals surface area contributed by atoms with Crippen molar-refractivity contribution in [2.24, 2.45) is 7.05 Å². The Kier molecular flexibility index (Phi) is 5.53. The Morgan fingerprint density at radius 2 is 1.97 bits per heavy atom. The quantitative estimate of drug-likeness (QED) is 0.572. The van der Waals surface area contributed by atoms with Crippen LogP contribution in [0.5, 0.6) is 0 Å². The van der Waals surface area contributed by atoms with Gasteiger partial charge in [-0.1, -0.05) is 18.2 Å². The van der Waals surface area contributed by atoms with Gasteiger partial charge >= 0.3 is 0 Å². The van der Waals surface area contributed by atoms with Crippen LogP contribution in [0.2, 0.25) is 0 Å². The number of aromatic nitrogens is 3. The molecule has 2 aliphatic rings. The molecule has 0 aliphatic carbocycles. The molecule has 2 aliphatic heterocycles. The fourth-order valence-electron chi connectivity index (χ4n) is 4.58. The van der Waals surface area contributed by atoms with Crippen molar-refractivity contribution >= 4 is 28.1 Å². The first-order valence-electron chi connectivity index (χ1n) is 9.75. The lowest BCUT2D eigenvalue weighted by molar-refractivity contribution is -0.123. The second-order valence-corrected chi connectivity index (χ2v) is 9.37. The summed E-state index contributed by atoms with van der Waals surface area (Å²) in [5.74, 6) is -0.184. The highest BCUT2D eigenvalue weighted by Gasteiger charge is 2.61. The molecule has 11 heteroatoms. The predicted octanol–water partition coefficient (Wildman–Crippen LogP) is 1.54. The lowest BCUT2D eigenvalue weighted by Crippen LogP contribution is -2.42. The van der Waals surface area contributed by atoms with Crippen molar-refractivity contribution in [2.75, 3.05) is 11.9 Å². The number of nitrogens with zero attached hydrogens (tertiary/aromatic N) is 4. The Hall–Kier alpha value is -3.57. The van der Waals surface area contributed by atoms with E-state index in [9.17, 15) is 13.2 Å². The average molecular weight is 455 g/mol. The van der Waals surface area contributed by atoms with Gasteiger partial charge in [0.15, 0.2) is 0 Å². The number of carbonyl (C=O) groups excluding carboxylic acids is 1. The molecule has 0 radical (unpaired) electrons. The molecule has 1 aromatic carbocycles. The van der Waals surface area contributed by atoms with Crippen molar-refractivity contribution in [1.82, 2.24) is 19.1 Å². The normalized spacial score (nSPS) is 22.2. The molecule has 1 saturated heterocycles. The van der Waals surface area contributed by atoms with Crippen molar-refractivity contribution < 1.29 is 23.1 Å². The van der Waals surface area contributed by atoms with Crippen LogP contribution in [0.4, 0.5) is 5.69 Å². The minimum Gasteiger partial charge on any atom is -0.483 e. The number of amides is 1. The van der Waals surface area contributed by atoms with Crippen LogP contribution in [-0.2, 0) is 32.1 Å². The number of hydrogen-bond donors (Lipinski definition) is 2. The van der Waals surface area contributed by atoms with Crippen LogP contribution in [0.1, 0.15) is 23.6 Å². The van der Waals surface area contributed by atoms with Gasteiger partial charge in [-0.25, -0.2) is 8.42 Å². The number of aryl methyl sites for hydroxylation is 1. The largest absolute Gasteiger partial charge is 0.483 e. The predicted molar refractivity (Wildman–Crippen MR) is 114 cm³/mol. The van der Waals surface area contributed by atoms with Crippen molar-refractivity contribution in [3.63, 3.8) is 0 Å². The van der Waals surface area contributed by atoms with Gasteiger partial charge in [0.25, 0.3) is 6.47 Å². The van der Waals surface area contributed by atoms with Crippen LogP contribution in [-0.4, -0.2) is 51.5 Å². The summed E-state index contributed by atoms with van der Waals surface area (Å²) in [6.07, 6.45) is 6.66. The standard InChI is InChI=1S/C20H19N5O3S.CH2O2/c1-24-13-14(11-22-24)18-20(16-6-2-3-7-17(16)23-19(20)26)8-10-25(18)29(27,28)15-5-4-9-21-12-15;2-1-3/h2-7,9,11-13,18H,8,10H2,1H3,(H,23,26);1H,(H,2,3). The van der Waals surface area contributed by atoms with Gasteiger partial charge in [-0.15, -0.1) is 0 Å². The van der Waals surface area contributed by atoms with Crippen LogP contribution in [0.3, 0.4) is 0 Å². The van der Waals surface area contributed by atoms with Crippen molar-refractivity contribution in [1.29, 1.82) is 0 Å². The summed E-state index contributed by atoms with van der Waals surface area (Å²) in [6.45, 7) is -0.0292. The van der Waals surface area contributed by atoms with Crippen LogP contribution < -0.4 is 5.32 Å². The summed E-state index contributed by atoms with van der Waals surface area (Å²) in [7, 11) is -2.09. The lowest BCUT2D eigenvalue weighted by atomic mass is 9.73. The molecule has 2 N–H and O–H groups in total. The molecule has 0 saturated carbocycles. The van der Waals surface area contributed by atoms with Gasteiger partial charge < -0.3 is 10.4 Å². The van der Waals surface area contributed by atoms with E-state index < -0.39 is 21.5 Å². The second kappa shape index (κ2) is 8.17. The second-order valence-electron chi connectivity index (χ2n) is 7.48. The number of pyridine rings is 1. The first-order valence-corrected chi connectivity index (χ1v) is 11.2. The van der Waals surface area contributed by atoms with Crippen molar-refractivity contribution in [3.8, 4) is 0 Å². The third kappa shape index (κ3) is 3.26. The molecule has 2 unspecified atom stereocenters. The van der Waals surface area contributed by atoms with Crippen LogP contribution in [0.25, 0.3) is 0 Å². The molecule has 1 spiro atoms. The molecule has 1 fully saturated rings. The minimum absolute atomic E-state index is 0.109. The van der Waals surface area contributed by atoms with Gasteiger partial charge in [-0.3, -0.25) is 19.3 Å². The summed E-state index contributed by atoms with van der Waals surface area (Å²) < 4.78 is 30.1. The van der Waals surface area contributed by atoms with Crippen LogP contribution in [0, 0.1) is 0 Å². The zero-order chi connectivity index (χ0) is 22.9. The summed E-state index contributed by atoms with van der Waals surface area (Å²) in [5, 5.41) is 14.1. The highest BCUT2D eigenvalue weighted by atomic mass is 32.2. The molecule has 10 nitrogen and oxygen atoms in total. The number of rotatable bonds is 3. The number of fused-ring (bicyclic) bond motifs is 2. The molecule has 32 heavy (non-hydrogen) atoms. The maximum atomic E-state index is 13.5. The van der Waals surface area contributed by atoms with E-state index in [-0.39, 0.29) is 23.8 Å². The maximum Gasteiger partial charge on any atom is 0.290 e. The van der Waals surface area contributed by atoms with Crippen LogP contribution >= 0.6 is 0 Å². The smallest absolute Gasteiger partial charge is 0.290 e. The number of anilines is 1. The van der Waals surface area contributed by atoms with E-state index in [1.54, 1.807) is 30.2 Å². The number of para-hydroxylation sites is 1. The van der Waals surface area contributed by atoms with Gasteiger partial charge in [-0.05, 0) is 30.2 Å². The van der Waals surface area contributed by atoms with E-state index >= 15 is 0 Å². The third-order valence-corrected chi connectivity index (χ3v) is 7.67. The SMILES string of the molecule is Cn1cc(C2N(S(=O)(=O)c3cccnc3)CCC23C(=O)Nc2ccccc23)cn1.O=CO. The number of carboxylic acid groups (broad SMARTS) is 1. The van der Waals surface area contributed by atoms with Gasteiger partial charge in [0, 0.05) is 43.4 Å². The summed E-state index contributed by atoms with van der Waals surface area (Å²) >= 11 is 0. The average Bonchev–Trinajstić information content (AvgIpc) is 3.47. The Balaban J connectivity index is 0.000000775. The molecule has 3 aromatic rings. The Bertz CT molecular complexity index is 1260. The fraction of sp³-hybridized carbons (Fsp3) is 0.238. The zero-order valence-corrected chi connectivity index (χ0v) is 17.9. The number of hydrogen-bond acceptors (Lipinski definition) is 6. The molecule has 2 atom stereocenters. The highest BCUT2D eigenvalue weighted by molar-refractivity contribution is 7.89. The Labute approximate surface area is 184 Å². The van der Waals surface area contributed by atoms with E-state index in [0.29, 0.717) is 12.0 Å². The molecular weight excluding hydrogens is 434 g/mol. The summed E-state index contributed by atoms with van der Waals surface area (Å²) in [5.41, 5.74) is 1.23. The first-order chi connectivity index (χ1) is 15.4. The van der Waals surface area contributed by atoms with E-state index in [4.69, 9.17) is 9.90 Å². The van der Waals surface area contributed by atoms with E-state index in [2.05, 4.69) is 15.4 Å². The van der Waals surface area contributed by atoms with Gasteiger partial charge in [-0.2, -0.15) is 9.40 Å². The number of carbonyl (C=O) groups is 2. The monoisotopic (exact) mass is 455 g/mol.